The number of carbonyl (C=O) groups excluding carboxylic acids is 1. The first-order valence-corrected chi connectivity index (χ1v) is 5.42. The van der Waals surface area contributed by atoms with E-state index in [-0.39, 0.29) is 5.91 Å². The summed E-state index contributed by atoms with van der Waals surface area (Å²) in [6.07, 6.45) is 0.801. The van der Waals surface area contributed by atoms with E-state index in [1.807, 2.05) is 35.9 Å². The van der Waals surface area contributed by atoms with Crippen LogP contribution >= 0.6 is 0 Å². The summed E-state index contributed by atoms with van der Waals surface area (Å²) in [5, 5.41) is 0. The highest BCUT2D eigenvalue weighted by atomic mass is 16.2. The van der Waals surface area contributed by atoms with Gasteiger partial charge in [0, 0.05) is 19.2 Å². The Hall–Kier alpha value is -2.07. The fourth-order valence-corrected chi connectivity index (χ4v) is 1.84. The number of hydrogen-bond donors (Lipinski definition) is 2. The van der Waals surface area contributed by atoms with E-state index < -0.39 is 0 Å². The third-order valence-corrected chi connectivity index (χ3v) is 2.82. The summed E-state index contributed by atoms with van der Waals surface area (Å²) in [6.45, 7) is 0. The first-order chi connectivity index (χ1) is 8.22. The highest BCUT2D eigenvalue weighted by Crippen LogP contribution is 2.12. The molecule has 1 heterocycles. The highest BCUT2D eigenvalue weighted by molar-refractivity contribution is 5.92. The van der Waals surface area contributed by atoms with Crippen molar-refractivity contribution in [3.63, 3.8) is 0 Å². The number of aromatic nitrogens is 1. The van der Waals surface area contributed by atoms with Gasteiger partial charge >= 0.3 is 0 Å². The van der Waals surface area contributed by atoms with Crippen molar-refractivity contribution in [2.75, 3.05) is 0 Å². The van der Waals surface area contributed by atoms with Crippen LogP contribution in [0.2, 0.25) is 0 Å². The van der Waals surface area contributed by atoms with Crippen LogP contribution in [0.1, 0.15) is 21.7 Å². The number of nitrogens with zero attached hydrogens (tertiary/aromatic N) is 1. The summed E-state index contributed by atoms with van der Waals surface area (Å²) in [5.41, 5.74) is 5.00. The van der Waals surface area contributed by atoms with Gasteiger partial charge in [-0.05, 0) is 17.7 Å². The highest BCUT2D eigenvalue weighted by Gasteiger charge is 2.11. The zero-order chi connectivity index (χ0) is 12.3. The second-order valence-corrected chi connectivity index (χ2v) is 3.90. The average Bonchev–Trinajstić information content (AvgIpc) is 2.72. The summed E-state index contributed by atoms with van der Waals surface area (Å²) in [6, 6.07) is 13.8. The van der Waals surface area contributed by atoms with Crippen molar-refractivity contribution in [3.8, 4) is 0 Å². The van der Waals surface area contributed by atoms with Crippen LogP contribution in [0.15, 0.2) is 42.5 Å². The Bertz CT molecular complexity index is 517. The maximum Gasteiger partial charge on any atom is 0.281 e. The number of amides is 1. The molecule has 0 radical (unpaired) electrons. The molecule has 0 saturated carbocycles. The Kier molecular flexibility index (Phi) is 3.25. The van der Waals surface area contributed by atoms with Gasteiger partial charge in [-0.2, -0.15) is 0 Å². The van der Waals surface area contributed by atoms with Gasteiger partial charge in [0.15, 0.2) is 0 Å². The molecule has 4 nitrogen and oxygen atoms in total. The van der Waals surface area contributed by atoms with Gasteiger partial charge in [0.05, 0.1) is 0 Å². The van der Waals surface area contributed by atoms with Crippen LogP contribution in [0, 0.1) is 0 Å². The molecule has 88 valence electrons. The number of nitrogen functional groups attached to an aromatic ring is 1. The van der Waals surface area contributed by atoms with Crippen molar-refractivity contribution >= 4 is 5.91 Å². The van der Waals surface area contributed by atoms with Crippen molar-refractivity contribution in [3.05, 3.63) is 59.4 Å². The molecule has 1 aromatic carbocycles. The standard InChI is InChI=1S/C13H15N3O/c1-16-11(7-8-12(16)13(17)15-14)9-10-5-3-2-4-6-10/h2-8H,9,14H2,1H3,(H,15,17). The number of carbonyl (C=O) groups is 1. The average molecular weight is 229 g/mol. The molecule has 2 aromatic rings. The molecular weight excluding hydrogens is 214 g/mol. The van der Waals surface area contributed by atoms with Crippen LogP contribution < -0.4 is 11.3 Å². The molecule has 17 heavy (non-hydrogen) atoms. The summed E-state index contributed by atoms with van der Waals surface area (Å²) in [7, 11) is 1.86. The molecular formula is C13H15N3O. The predicted molar refractivity (Wildman–Crippen MR) is 66.3 cm³/mol. The number of rotatable bonds is 3. The molecule has 0 aliphatic rings. The lowest BCUT2D eigenvalue weighted by molar-refractivity contribution is 0.0945. The minimum absolute atomic E-state index is 0.271. The fraction of sp³-hybridized carbons (Fsp3) is 0.154. The molecule has 2 rings (SSSR count). The summed E-state index contributed by atoms with van der Waals surface area (Å²) < 4.78 is 1.86. The summed E-state index contributed by atoms with van der Waals surface area (Å²) in [5.74, 6) is 4.85. The van der Waals surface area contributed by atoms with E-state index in [4.69, 9.17) is 5.84 Å². The van der Waals surface area contributed by atoms with Crippen LogP contribution in [0.5, 0.6) is 0 Å². The van der Waals surface area contributed by atoms with E-state index in [9.17, 15) is 4.79 Å². The van der Waals surface area contributed by atoms with Crippen molar-refractivity contribution in [1.29, 1.82) is 0 Å². The molecule has 0 aliphatic heterocycles. The van der Waals surface area contributed by atoms with Crippen molar-refractivity contribution in [1.82, 2.24) is 9.99 Å². The number of hydrogen-bond acceptors (Lipinski definition) is 2. The molecule has 0 aliphatic carbocycles. The molecule has 1 amide bonds. The van der Waals surface area contributed by atoms with Crippen LogP contribution in [0.4, 0.5) is 0 Å². The maximum absolute atomic E-state index is 11.4. The first kappa shape index (κ1) is 11.4. The second kappa shape index (κ2) is 4.84. The number of benzene rings is 1. The van der Waals surface area contributed by atoms with Crippen molar-refractivity contribution in [2.45, 2.75) is 6.42 Å². The van der Waals surface area contributed by atoms with Gasteiger partial charge in [0.2, 0.25) is 0 Å². The first-order valence-electron chi connectivity index (χ1n) is 5.42. The SMILES string of the molecule is Cn1c(Cc2ccccc2)ccc1C(=O)NN. The van der Waals surface area contributed by atoms with Gasteiger partial charge in [-0.25, -0.2) is 5.84 Å². The largest absolute Gasteiger partial charge is 0.343 e. The molecule has 0 spiro atoms. The monoisotopic (exact) mass is 229 g/mol. The van der Waals surface area contributed by atoms with E-state index in [2.05, 4.69) is 17.6 Å². The van der Waals surface area contributed by atoms with E-state index in [1.54, 1.807) is 6.07 Å². The zero-order valence-electron chi connectivity index (χ0n) is 9.68. The molecule has 1 aromatic heterocycles. The smallest absolute Gasteiger partial charge is 0.281 e. The Balaban J connectivity index is 2.24. The normalized spacial score (nSPS) is 10.2. The molecule has 0 fully saturated rings. The Morgan fingerprint density at radius 3 is 2.59 bits per heavy atom. The van der Waals surface area contributed by atoms with E-state index >= 15 is 0 Å². The molecule has 4 heteroatoms. The van der Waals surface area contributed by atoms with Gasteiger partial charge in [-0.3, -0.25) is 10.2 Å². The summed E-state index contributed by atoms with van der Waals surface area (Å²) in [4.78, 5) is 11.4. The molecule has 3 N–H and O–H groups in total. The van der Waals surface area contributed by atoms with Gasteiger partial charge in [-0.15, -0.1) is 0 Å². The third-order valence-electron chi connectivity index (χ3n) is 2.82. The van der Waals surface area contributed by atoms with Gasteiger partial charge in [0.1, 0.15) is 5.69 Å². The van der Waals surface area contributed by atoms with Gasteiger partial charge in [0.25, 0.3) is 5.91 Å². The van der Waals surface area contributed by atoms with Crippen molar-refractivity contribution < 1.29 is 4.79 Å². The zero-order valence-corrected chi connectivity index (χ0v) is 9.68. The van der Waals surface area contributed by atoms with Crippen LogP contribution in [0.25, 0.3) is 0 Å². The van der Waals surface area contributed by atoms with Crippen LogP contribution in [-0.4, -0.2) is 10.5 Å². The Morgan fingerprint density at radius 1 is 1.24 bits per heavy atom. The Labute approximate surface area is 100 Å². The van der Waals surface area contributed by atoms with E-state index in [0.29, 0.717) is 5.69 Å². The lowest BCUT2D eigenvalue weighted by atomic mass is 10.1. The molecule has 0 bridgehead atoms. The van der Waals surface area contributed by atoms with Crippen LogP contribution in [0.3, 0.4) is 0 Å². The fourth-order valence-electron chi connectivity index (χ4n) is 1.84. The van der Waals surface area contributed by atoms with Gasteiger partial charge in [-0.1, -0.05) is 30.3 Å². The molecule has 0 unspecified atom stereocenters. The molecule has 0 atom stereocenters. The lowest BCUT2D eigenvalue weighted by Gasteiger charge is -2.06. The number of nitrogens with two attached hydrogens (primary N) is 1. The third kappa shape index (κ3) is 2.37. The van der Waals surface area contributed by atoms with E-state index in [1.165, 1.54) is 5.56 Å². The topological polar surface area (TPSA) is 60.0 Å². The maximum atomic E-state index is 11.4. The van der Waals surface area contributed by atoms with Gasteiger partial charge < -0.3 is 4.57 Å². The Morgan fingerprint density at radius 2 is 1.94 bits per heavy atom. The second-order valence-electron chi connectivity index (χ2n) is 3.90. The predicted octanol–water partition coefficient (Wildman–Crippen LogP) is 1.22. The van der Waals surface area contributed by atoms with E-state index in [0.717, 1.165) is 12.1 Å². The van der Waals surface area contributed by atoms with Crippen molar-refractivity contribution in [2.24, 2.45) is 12.9 Å². The number of hydrazine groups is 1. The quantitative estimate of drug-likeness (QED) is 0.472. The summed E-state index contributed by atoms with van der Waals surface area (Å²) >= 11 is 0. The lowest BCUT2D eigenvalue weighted by Crippen LogP contribution is -2.31. The minimum Gasteiger partial charge on any atom is -0.343 e. The number of nitrogens with one attached hydrogen (secondary N) is 1. The minimum atomic E-state index is -0.271. The molecule has 0 saturated heterocycles. The van der Waals surface area contributed by atoms with Crippen LogP contribution in [-0.2, 0) is 13.5 Å².